The molecule has 0 aromatic carbocycles. The fourth-order valence-electron chi connectivity index (χ4n) is 1.74. The van der Waals surface area contributed by atoms with Crippen molar-refractivity contribution in [3.63, 3.8) is 0 Å². The molecule has 1 saturated heterocycles. The van der Waals surface area contributed by atoms with Crippen LogP contribution in [0.3, 0.4) is 0 Å². The van der Waals surface area contributed by atoms with Gasteiger partial charge >= 0.3 is 0 Å². The third-order valence-corrected chi connectivity index (χ3v) is 2.38. The Kier molecular flexibility index (Phi) is 3.88. The highest BCUT2D eigenvalue weighted by Crippen LogP contribution is 2.10. The molecule has 0 saturated carbocycles. The smallest absolute Gasteiger partial charge is 0.224 e. The summed E-state index contributed by atoms with van der Waals surface area (Å²) in [6.45, 7) is 2.92. The lowest BCUT2D eigenvalue weighted by atomic mass is 9.95. The molecule has 1 aliphatic heterocycles. The third kappa shape index (κ3) is 2.99. The van der Waals surface area contributed by atoms with Crippen molar-refractivity contribution in [3.8, 4) is 0 Å². The first-order valence-corrected chi connectivity index (χ1v) is 4.83. The van der Waals surface area contributed by atoms with E-state index >= 15 is 0 Å². The van der Waals surface area contributed by atoms with Crippen molar-refractivity contribution in [1.29, 1.82) is 0 Å². The number of amides is 2. The Balaban J connectivity index is 2.43. The maximum Gasteiger partial charge on any atom is 0.224 e. The maximum absolute atomic E-state index is 11.3. The molecule has 1 heterocycles. The minimum atomic E-state index is -0.0469. The Morgan fingerprint density at radius 2 is 2.07 bits per heavy atom. The van der Waals surface area contributed by atoms with Crippen molar-refractivity contribution in [2.75, 3.05) is 20.1 Å². The van der Waals surface area contributed by atoms with Gasteiger partial charge in [0.1, 0.15) is 0 Å². The molecule has 2 amide bonds. The van der Waals surface area contributed by atoms with Crippen LogP contribution in [0.5, 0.6) is 0 Å². The van der Waals surface area contributed by atoms with Crippen LogP contribution in [0.15, 0.2) is 0 Å². The van der Waals surface area contributed by atoms with Crippen molar-refractivity contribution in [2.45, 2.75) is 19.4 Å². The van der Waals surface area contributed by atoms with Gasteiger partial charge in [-0.2, -0.15) is 0 Å². The molecule has 0 bridgehead atoms. The Bertz CT molecular complexity index is 230. The summed E-state index contributed by atoms with van der Waals surface area (Å²) >= 11 is 0. The zero-order chi connectivity index (χ0) is 10.6. The van der Waals surface area contributed by atoms with Crippen LogP contribution in [0.1, 0.15) is 13.3 Å². The number of carbonyl (C=O) groups excluding carboxylic acids is 2. The predicted molar refractivity (Wildman–Crippen MR) is 52.6 cm³/mol. The highest BCUT2D eigenvalue weighted by molar-refractivity contribution is 5.79. The summed E-state index contributed by atoms with van der Waals surface area (Å²) in [5.41, 5.74) is 0. The molecule has 5 nitrogen and oxygen atoms in total. The predicted octanol–water partition coefficient (Wildman–Crippen LogP) is -1.15. The van der Waals surface area contributed by atoms with Crippen LogP contribution in [0, 0.1) is 5.92 Å². The molecule has 3 N–H and O–H groups in total. The SMILES string of the molecule is CNC(=O)[C@@H]1CNC[C@@H](NC(C)=O)C1. The van der Waals surface area contributed by atoms with Gasteiger partial charge in [-0.3, -0.25) is 9.59 Å². The van der Waals surface area contributed by atoms with Crippen molar-refractivity contribution in [2.24, 2.45) is 5.92 Å². The Morgan fingerprint density at radius 1 is 1.36 bits per heavy atom. The van der Waals surface area contributed by atoms with Gasteiger partial charge in [0.2, 0.25) is 11.8 Å². The normalized spacial score (nSPS) is 26.7. The van der Waals surface area contributed by atoms with Crippen molar-refractivity contribution >= 4 is 11.8 Å². The second-order valence-electron chi connectivity index (χ2n) is 3.60. The van der Waals surface area contributed by atoms with Gasteiger partial charge in [0, 0.05) is 33.1 Å². The quantitative estimate of drug-likeness (QED) is 0.526. The molecular formula is C9H17N3O2. The molecular weight excluding hydrogens is 182 g/mol. The van der Waals surface area contributed by atoms with Gasteiger partial charge in [0.15, 0.2) is 0 Å². The van der Waals surface area contributed by atoms with Crippen LogP contribution in [-0.2, 0) is 9.59 Å². The minimum Gasteiger partial charge on any atom is -0.359 e. The molecule has 0 radical (unpaired) electrons. The van der Waals surface area contributed by atoms with Gasteiger partial charge in [-0.05, 0) is 6.42 Å². The molecule has 5 heteroatoms. The van der Waals surface area contributed by atoms with E-state index in [-0.39, 0.29) is 23.8 Å². The van der Waals surface area contributed by atoms with Gasteiger partial charge in [0.05, 0.1) is 5.92 Å². The van der Waals surface area contributed by atoms with Crippen molar-refractivity contribution in [1.82, 2.24) is 16.0 Å². The average molecular weight is 199 g/mol. The number of rotatable bonds is 2. The van der Waals surface area contributed by atoms with Crippen LogP contribution in [0.25, 0.3) is 0 Å². The number of piperidine rings is 1. The highest BCUT2D eigenvalue weighted by Gasteiger charge is 2.26. The van der Waals surface area contributed by atoms with E-state index in [1.54, 1.807) is 7.05 Å². The number of nitrogens with one attached hydrogen (secondary N) is 3. The molecule has 1 rings (SSSR count). The van der Waals surface area contributed by atoms with Crippen LogP contribution < -0.4 is 16.0 Å². The number of hydrogen-bond donors (Lipinski definition) is 3. The van der Waals surface area contributed by atoms with Crippen LogP contribution in [-0.4, -0.2) is 38.0 Å². The van der Waals surface area contributed by atoms with Gasteiger partial charge in [-0.15, -0.1) is 0 Å². The average Bonchev–Trinajstić information content (AvgIpc) is 2.16. The zero-order valence-electron chi connectivity index (χ0n) is 8.59. The van der Waals surface area contributed by atoms with E-state index in [4.69, 9.17) is 0 Å². The maximum atomic E-state index is 11.3. The second kappa shape index (κ2) is 4.95. The molecule has 0 aromatic heterocycles. The molecule has 1 aliphatic rings. The first kappa shape index (κ1) is 11.0. The van der Waals surface area contributed by atoms with Gasteiger partial charge in [-0.25, -0.2) is 0 Å². The van der Waals surface area contributed by atoms with Gasteiger partial charge in [-0.1, -0.05) is 0 Å². The first-order chi connectivity index (χ1) is 6.63. The molecule has 14 heavy (non-hydrogen) atoms. The number of carbonyl (C=O) groups is 2. The van der Waals surface area contributed by atoms with Crippen LogP contribution >= 0.6 is 0 Å². The lowest BCUT2D eigenvalue weighted by molar-refractivity contribution is -0.126. The van der Waals surface area contributed by atoms with Crippen LogP contribution in [0.4, 0.5) is 0 Å². The summed E-state index contributed by atoms with van der Waals surface area (Å²) < 4.78 is 0. The molecule has 80 valence electrons. The molecule has 0 spiro atoms. The minimum absolute atomic E-state index is 0.0348. The molecule has 2 atom stereocenters. The van der Waals surface area contributed by atoms with E-state index in [2.05, 4.69) is 16.0 Å². The van der Waals surface area contributed by atoms with E-state index in [9.17, 15) is 9.59 Å². The third-order valence-electron chi connectivity index (χ3n) is 2.38. The molecule has 0 aromatic rings. The molecule has 0 aliphatic carbocycles. The Labute approximate surface area is 83.6 Å². The van der Waals surface area contributed by atoms with E-state index in [0.29, 0.717) is 13.0 Å². The summed E-state index contributed by atoms with van der Waals surface area (Å²) in [7, 11) is 1.63. The Morgan fingerprint density at radius 3 is 2.64 bits per heavy atom. The van der Waals surface area contributed by atoms with Crippen molar-refractivity contribution < 1.29 is 9.59 Å². The van der Waals surface area contributed by atoms with E-state index in [1.807, 2.05) is 0 Å². The fourth-order valence-corrected chi connectivity index (χ4v) is 1.74. The van der Waals surface area contributed by atoms with Gasteiger partial charge < -0.3 is 16.0 Å². The lowest BCUT2D eigenvalue weighted by Crippen LogP contribution is -2.51. The van der Waals surface area contributed by atoms with Crippen molar-refractivity contribution in [3.05, 3.63) is 0 Å². The Hall–Kier alpha value is -1.10. The summed E-state index contributed by atoms with van der Waals surface area (Å²) in [4.78, 5) is 22.2. The lowest BCUT2D eigenvalue weighted by Gasteiger charge is -2.29. The standard InChI is InChI=1S/C9H17N3O2/c1-6(13)12-8-3-7(4-11-5-8)9(14)10-2/h7-8,11H,3-5H2,1-2H3,(H,10,14)(H,12,13)/t7-,8-/m0/s1. The molecule has 0 unspecified atom stereocenters. The summed E-state index contributed by atoms with van der Waals surface area (Å²) in [5, 5.41) is 8.56. The summed E-state index contributed by atoms with van der Waals surface area (Å²) in [6.07, 6.45) is 0.715. The largest absolute Gasteiger partial charge is 0.359 e. The van der Waals surface area contributed by atoms with Crippen LogP contribution in [0.2, 0.25) is 0 Å². The van der Waals surface area contributed by atoms with E-state index in [0.717, 1.165) is 6.54 Å². The summed E-state index contributed by atoms with van der Waals surface area (Å²) in [6, 6.07) is 0.0727. The highest BCUT2D eigenvalue weighted by atomic mass is 16.2. The molecule has 1 fully saturated rings. The first-order valence-electron chi connectivity index (χ1n) is 4.83. The summed E-state index contributed by atoms with van der Waals surface area (Å²) in [5.74, 6) is -0.0486. The van der Waals surface area contributed by atoms with E-state index < -0.39 is 0 Å². The second-order valence-corrected chi connectivity index (χ2v) is 3.60. The monoisotopic (exact) mass is 199 g/mol. The fraction of sp³-hybridized carbons (Fsp3) is 0.778. The number of hydrogen-bond acceptors (Lipinski definition) is 3. The van der Waals surface area contributed by atoms with Gasteiger partial charge in [0.25, 0.3) is 0 Å². The zero-order valence-corrected chi connectivity index (χ0v) is 8.59. The van der Waals surface area contributed by atoms with E-state index in [1.165, 1.54) is 6.92 Å². The topological polar surface area (TPSA) is 70.2 Å².